The molecule has 0 spiro atoms. The van der Waals surface area contributed by atoms with Gasteiger partial charge in [-0.1, -0.05) is 17.7 Å². The van der Waals surface area contributed by atoms with E-state index < -0.39 is 0 Å². The summed E-state index contributed by atoms with van der Waals surface area (Å²) in [6.07, 6.45) is 6.19. The molecule has 0 radical (unpaired) electrons. The van der Waals surface area contributed by atoms with Gasteiger partial charge < -0.3 is 10.2 Å². The second-order valence-electron chi connectivity index (χ2n) is 5.78. The van der Waals surface area contributed by atoms with Gasteiger partial charge >= 0.3 is 0 Å². The van der Waals surface area contributed by atoms with Crippen LogP contribution in [0.1, 0.15) is 11.1 Å². The summed E-state index contributed by atoms with van der Waals surface area (Å²) in [5.74, 6) is 1.69. The molecule has 0 fully saturated rings. The molecule has 0 aliphatic carbocycles. The maximum absolute atomic E-state index is 4.37. The van der Waals surface area contributed by atoms with Crippen molar-refractivity contribution in [2.75, 3.05) is 23.8 Å². The Labute approximate surface area is 142 Å². The van der Waals surface area contributed by atoms with Crippen molar-refractivity contribution in [1.29, 1.82) is 0 Å². The number of likely N-dealkylation sites (N-methyl/N-ethyl adjacent to an activating group) is 1. The third kappa shape index (κ3) is 4.29. The van der Waals surface area contributed by atoms with E-state index in [1.165, 1.54) is 11.1 Å². The maximum Gasteiger partial charge on any atom is 0.135 e. The van der Waals surface area contributed by atoms with Crippen LogP contribution >= 0.6 is 0 Å². The molecule has 3 aromatic rings. The van der Waals surface area contributed by atoms with Gasteiger partial charge in [0.25, 0.3) is 0 Å². The van der Waals surface area contributed by atoms with Gasteiger partial charge in [-0.05, 0) is 43.2 Å². The molecule has 3 rings (SSSR count). The summed E-state index contributed by atoms with van der Waals surface area (Å²) in [5, 5.41) is 3.31. The first-order chi connectivity index (χ1) is 11.7. The van der Waals surface area contributed by atoms with Crippen molar-refractivity contribution in [2.24, 2.45) is 0 Å². The highest BCUT2D eigenvalue weighted by Crippen LogP contribution is 2.18. The lowest BCUT2D eigenvalue weighted by Gasteiger charge is -2.18. The number of benzene rings is 1. The molecule has 5 nitrogen and oxygen atoms in total. The van der Waals surface area contributed by atoms with Gasteiger partial charge in [-0.25, -0.2) is 9.97 Å². The molecule has 2 aromatic heterocycles. The number of aryl methyl sites for hydroxylation is 1. The Hall–Kier alpha value is -2.95. The van der Waals surface area contributed by atoms with E-state index in [-0.39, 0.29) is 0 Å². The molecule has 0 aliphatic heterocycles. The maximum atomic E-state index is 4.37. The minimum Gasteiger partial charge on any atom is -0.359 e. The summed E-state index contributed by atoms with van der Waals surface area (Å²) in [6.45, 7) is 2.95. The molecule has 0 amide bonds. The molecule has 24 heavy (non-hydrogen) atoms. The van der Waals surface area contributed by atoms with Crippen molar-refractivity contribution in [2.45, 2.75) is 13.3 Å². The van der Waals surface area contributed by atoms with Crippen molar-refractivity contribution in [3.63, 3.8) is 0 Å². The van der Waals surface area contributed by atoms with E-state index in [0.717, 1.165) is 30.3 Å². The predicted octanol–water partition coefficient (Wildman–Crippen LogP) is 3.60. The summed E-state index contributed by atoms with van der Waals surface area (Å²) in [7, 11) is 2.04. The van der Waals surface area contributed by atoms with Gasteiger partial charge in [0.15, 0.2) is 0 Å². The lowest BCUT2D eigenvalue weighted by molar-refractivity contribution is 0.855. The number of anilines is 3. The first-order valence-electron chi connectivity index (χ1n) is 7.96. The van der Waals surface area contributed by atoms with Crippen LogP contribution in [0.15, 0.2) is 61.2 Å². The molecule has 5 heteroatoms. The van der Waals surface area contributed by atoms with Crippen LogP contribution in [0, 0.1) is 6.92 Å². The molecule has 0 unspecified atom stereocenters. The molecule has 0 bridgehead atoms. The fourth-order valence-corrected chi connectivity index (χ4v) is 2.37. The SMILES string of the molecule is Cc1ccc(Nc2cc(N(C)CCc3ccncc3)ncn2)cc1. The largest absolute Gasteiger partial charge is 0.359 e. The number of nitrogens with zero attached hydrogens (tertiary/aromatic N) is 4. The zero-order valence-electron chi connectivity index (χ0n) is 14.0. The van der Waals surface area contributed by atoms with E-state index in [9.17, 15) is 0 Å². The third-order valence-electron chi connectivity index (χ3n) is 3.85. The van der Waals surface area contributed by atoms with Gasteiger partial charge in [-0.2, -0.15) is 0 Å². The Morgan fingerprint density at radius 2 is 1.75 bits per heavy atom. The fraction of sp³-hybridized carbons (Fsp3) is 0.211. The number of hydrogen-bond donors (Lipinski definition) is 1. The molecule has 0 saturated carbocycles. The Morgan fingerprint density at radius 3 is 2.50 bits per heavy atom. The molecule has 0 aliphatic rings. The second-order valence-corrected chi connectivity index (χ2v) is 5.78. The van der Waals surface area contributed by atoms with Gasteiger partial charge in [0.2, 0.25) is 0 Å². The normalized spacial score (nSPS) is 10.4. The van der Waals surface area contributed by atoms with Crippen LogP contribution < -0.4 is 10.2 Å². The average Bonchev–Trinajstić information content (AvgIpc) is 2.63. The van der Waals surface area contributed by atoms with Crippen molar-refractivity contribution in [3.05, 3.63) is 72.3 Å². The fourth-order valence-electron chi connectivity index (χ4n) is 2.37. The van der Waals surface area contributed by atoms with Crippen molar-refractivity contribution in [1.82, 2.24) is 15.0 Å². The van der Waals surface area contributed by atoms with Crippen LogP contribution in [-0.4, -0.2) is 28.5 Å². The molecule has 1 aromatic carbocycles. The topological polar surface area (TPSA) is 53.9 Å². The first-order valence-corrected chi connectivity index (χ1v) is 7.96. The van der Waals surface area contributed by atoms with Gasteiger partial charge in [0.05, 0.1) is 0 Å². The van der Waals surface area contributed by atoms with Crippen LogP contribution in [0.4, 0.5) is 17.3 Å². The van der Waals surface area contributed by atoms with Gasteiger partial charge in [-0.15, -0.1) is 0 Å². The predicted molar refractivity (Wildman–Crippen MR) is 97.7 cm³/mol. The quantitative estimate of drug-likeness (QED) is 0.752. The highest BCUT2D eigenvalue weighted by atomic mass is 15.2. The number of nitrogens with one attached hydrogen (secondary N) is 1. The van der Waals surface area contributed by atoms with E-state index >= 15 is 0 Å². The van der Waals surface area contributed by atoms with Crippen LogP contribution in [-0.2, 0) is 6.42 Å². The van der Waals surface area contributed by atoms with Crippen molar-refractivity contribution in [3.8, 4) is 0 Å². The van der Waals surface area contributed by atoms with Crippen LogP contribution in [0.2, 0.25) is 0 Å². The molecular weight excluding hydrogens is 298 g/mol. The number of aromatic nitrogens is 3. The van der Waals surface area contributed by atoms with Crippen molar-refractivity contribution >= 4 is 17.3 Å². The smallest absolute Gasteiger partial charge is 0.135 e. The standard InChI is InChI=1S/C19H21N5/c1-15-3-5-17(6-4-15)23-18-13-19(22-14-21-18)24(2)12-9-16-7-10-20-11-8-16/h3-8,10-11,13-14H,9,12H2,1-2H3,(H,21,22,23). The molecule has 0 atom stereocenters. The lowest BCUT2D eigenvalue weighted by Crippen LogP contribution is -2.21. The minimum atomic E-state index is 0.791. The average molecular weight is 319 g/mol. The summed E-state index contributed by atoms with van der Waals surface area (Å²) in [5.41, 5.74) is 3.52. The van der Waals surface area contributed by atoms with Gasteiger partial charge in [0, 0.05) is 37.7 Å². The van der Waals surface area contributed by atoms with Gasteiger partial charge in [0.1, 0.15) is 18.0 Å². The zero-order valence-corrected chi connectivity index (χ0v) is 14.0. The Balaban J connectivity index is 1.64. The Bertz CT molecular complexity index is 771. The van der Waals surface area contributed by atoms with E-state index in [2.05, 4.69) is 44.2 Å². The number of hydrogen-bond acceptors (Lipinski definition) is 5. The summed E-state index contributed by atoms with van der Waals surface area (Å²) in [4.78, 5) is 14.8. The second kappa shape index (κ2) is 7.55. The summed E-state index contributed by atoms with van der Waals surface area (Å²) < 4.78 is 0. The minimum absolute atomic E-state index is 0.791. The van der Waals surface area contributed by atoms with Crippen molar-refractivity contribution < 1.29 is 0 Å². The van der Waals surface area contributed by atoms with E-state index in [1.807, 2.05) is 49.8 Å². The van der Waals surface area contributed by atoms with Gasteiger partial charge in [-0.3, -0.25) is 4.98 Å². The highest BCUT2D eigenvalue weighted by molar-refractivity contribution is 5.59. The van der Waals surface area contributed by atoms with E-state index in [1.54, 1.807) is 6.33 Å². The molecular formula is C19H21N5. The molecule has 122 valence electrons. The molecule has 0 saturated heterocycles. The highest BCUT2D eigenvalue weighted by Gasteiger charge is 2.05. The number of pyridine rings is 1. The van der Waals surface area contributed by atoms with E-state index in [4.69, 9.17) is 0 Å². The third-order valence-corrected chi connectivity index (χ3v) is 3.85. The van der Waals surface area contributed by atoms with Crippen LogP contribution in [0.5, 0.6) is 0 Å². The Kier molecular flexibility index (Phi) is 5.01. The van der Waals surface area contributed by atoms with Crippen LogP contribution in [0.25, 0.3) is 0 Å². The zero-order chi connectivity index (χ0) is 16.8. The lowest BCUT2D eigenvalue weighted by atomic mass is 10.2. The van der Waals surface area contributed by atoms with Crippen LogP contribution in [0.3, 0.4) is 0 Å². The monoisotopic (exact) mass is 319 g/mol. The first kappa shape index (κ1) is 15.9. The molecule has 2 heterocycles. The molecule has 1 N–H and O–H groups in total. The van der Waals surface area contributed by atoms with E-state index in [0.29, 0.717) is 0 Å². The summed E-state index contributed by atoms with van der Waals surface area (Å²) in [6, 6.07) is 14.3. The summed E-state index contributed by atoms with van der Waals surface area (Å²) >= 11 is 0. The number of rotatable bonds is 6. The Morgan fingerprint density at radius 1 is 1.00 bits per heavy atom.